The molecule has 2 aromatic heterocycles. The minimum Gasteiger partial charge on any atom is -0.372 e. The summed E-state index contributed by atoms with van der Waals surface area (Å²) in [6.45, 7) is 4.02. The zero-order valence-corrected chi connectivity index (χ0v) is 12.0. The van der Waals surface area contributed by atoms with Crippen molar-refractivity contribution in [2.24, 2.45) is 0 Å². The number of aliphatic hydroxyl groups excluding tert-OH is 1. The van der Waals surface area contributed by atoms with Gasteiger partial charge in [0, 0.05) is 17.1 Å². The van der Waals surface area contributed by atoms with Gasteiger partial charge < -0.3 is 5.11 Å². The Labute approximate surface area is 118 Å². The lowest BCUT2D eigenvalue weighted by Gasteiger charge is -2.17. The Morgan fingerprint density at radius 1 is 1.40 bits per heavy atom. The van der Waals surface area contributed by atoms with Gasteiger partial charge in [0.1, 0.15) is 6.23 Å². The van der Waals surface area contributed by atoms with E-state index >= 15 is 0 Å². The molecule has 2 N–H and O–H groups in total. The van der Waals surface area contributed by atoms with Crippen LogP contribution in [0.15, 0.2) is 29.2 Å². The highest BCUT2D eigenvalue weighted by Gasteiger charge is 2.12. The minimum atomic E-state index is -0.750. The van der Waals surface area contributed by atoms with E-state index in [2.05, 4.69) is 10.4 Å². The Bertz CT molecular complexity index is 637. The molecule has 20 heavy (non-hydrogen) atoms. The predicted octanol–water partition coefficient (Wildman–Crippen LogP) is 2.01. The van der Waals surface area contributed by atoms with Crippen molar-refractivity contribution in [1.29, 1.82) is 0 Å². The first-order valence-electron chi connectivity index (χ1n) is 7.11. The normalized spacial score (nSPS) is 12.6. The molecule has 0 amide bonds. The molecular weight excluding hydrogens is 254 g/mol. The topological polar surface area (TPSA) is 67.2 Å². The van der Waals surface area contributed by atoms with E-state index in [4.69, 9.17) is 0 Å². The van der Waals surface area contributed by atoms with Crippen LogP contribution in [-0.4, -0.2) is 21.0 Å². The van der Waals surface area contributed by atoms with Crippen LogP contribution in [0.2, 0.25) is 0 Å². The van der Waals surface area contributed by atoms with Crippen LogP contribution in [0, 0.1) is 0 Å². The van der Waals surface area contributed by atoms with E-state index in [0.29, 0.717) is 12.1 Å². The van der Waals surface area contributed by atoms with Crippen molar-refractivity contribution in [3.63, 3.8) is 0 Å². The van der Waals surface area contributed by atoms with Crippen LogP contribution in [-0.2, 0) is 6.42 Å². The number of aliphatic hydroxyl groups is 1. The number of hydrogen-bond donors (Lipinski definition) is 2. The second-order valence-electron chi connectivity index (χ2n) is 4.91. The number of nitrogens with one attached hydrogen (secondary N) is 1. The third kappa shape index (κ3) is 2.99. The van der Waals surface area contributed by atoms with E-state index in [1.165, 1.54) is 4.68 Å². The summed E-state index contributed by atoms with van der Waals surface area (Å²) in [5, 5.41) is 10.8. The second-order valence-corrected chi connectivity index (χ2v) is 4.91. The lowest BCUT2D eigenvalue weighted by atomic mass is 10.1. The molecule has 0 spiro atoms. The summed E-state index contributed by atoms with van der Waals surface area (Å²) in [7, 11) is 0. The Kier molecular flexibility index (Phi) is 4.74. The molecule has 0 radical (unpaired) electrons. The summed E-state index contributed by atoms with van der Waals surface area (Å²) in [5.74, 6) is 0. The molecule has 2 rings (SSSR count). The van der Waals surface area contributed by atoms with Crippen molar-refractivity contribution < 1.29 is 5.11 Å². The first kappa shape index (κ1) is 14.5. The first-order valence-corrected chi connectivity index (χ1v) is 7.11. The molecule has 0 aliphatic heterocycles. The smallest absolute Gasteiger partial charge is 0.274 e. The highest BCUT2D eigenvalue weighted by molar-refractivity contribution is 5.75. The molecule has 0 aromatic carbocycles. The van der Waals surface area contributed by atoms with Crippen LogP contribution in [0.3, 0.4) is 0 Å². The van der Waals surface area contributed by atoms with Crippen LogP contribution in [0.1, 0.15) is 38.7 Å². The summed E-state index contributed by atoms with van der Waals surface area (Å²) in [4.78, 5) is 16.7. The molecular formula is C15H21N3O2. The van der Waals surface area contributed by atoms with Gasteiger partial charge in [0.05, 0.1) is 0 Å². The van der Waals surface area contributed by atoms with Crippen molar-refractivity contribution in [2.75, 3.05) is 5.43 Å². The van der Waals surface area contributed by atoms with Crippen LogP contribution < -0.4 is 11.0 Å². The van der Waals surface area contributed by atoms with Gasteiger partial charge in [0.2, 0.25) is 0 Å². The second kappa shape index (κ2) is 6.52. The Balaban J connectivity index is 2.53. The number of pyridine rings is 2. The maximum atomic E-state index is 12.5. The molecule has 0 saturated carbocycles. The van der Waals surface area contributed by atoms with Gasteiger partial charge in [0.15, 0.2) is 5.65 Å². The minimum absolute atomic E-state index is 0.131. The molecule has 0 fully saturated rings. The van der Waals surface area contributed by atoms with E-state index < -0.39 is 6.23 Å². The summed E-state index contributed by atoms with van der Waals surface area (Å²) in [6.07, 6.45) is 3.93. The Hall–Kier alpha value is -1.88. The highest BCUT2D eigenvalue weighted by Crippen LogP contribution is 2.11. The van der Waals surface area contributed by atoms with Crippen molar-refractivity contribution in [1.82, 2.24) is 9.66 Å². The lowest BCUT2D eigenvalue weighted by Crippen LogP contribution is -2.37. The van der Waals surface area contributed by atoms with Gasteiger partial charge in [-0.15, -0.1) is 0 Å². The van der Waals surface area contributed by atoms with E-state index in [9.17, 15) is 9.90 Å². The van der Waals surface area contributed by atoms with Gasteiger partial charge in [-0.05, 0) is 31.0 Å². The molecule has 5 nitrogen and oxygen atoms in total. The van der Waals surface area contributed by atoms with E-state index in [-0.39, 0.29) is 5.56 Å². The molecule has 0 saturated heterocycles. The van der Waals surface area contributed by atoms with Gasteiger partial charge in [0.25, 0.3) is 5.56 Å². The van der Waals surface area contributed by atoms with Gasteiger partial charge in [-0.1, -0.05) is 26.7 Å². The highest BCUT2D eigenvalue weighted by atomic mass is 16.3. The van der Waals surface area contributed by atoms with Crippen LogP contribution in [0.25, 0.3) is 11.0 Å². The summed E-state index contributed by atoms with van der Waals surface area (Å²) >= 11 is 0. The fourth-order valence-electron chi connectivity index (χ4n) is 2.25. The van der Waals surface area contributed by atoms with Crippen molar-refractivity contribution >= 4 is 11.0 Å². The quantitative estimate of drug-likeness (QED) is 0.791. The first-order chi connectivity index (χ1) is 9.67. The maximum absolute atomic E-state index is 12.5. The van der Waals surface area contributed by atoms with Crippen molar-refractivity contribution in [3.8, 4) is 0 Å². The zero-order chi connectivity index (χ0) is 14.5. The molecule has 2 heterocycles. The van der Waals surface area contributed by atoms with Crippen molar-refractivity contribution in [2.45, 2.75) is 45.8 Å². The summed E-state index contributed by atoms with van der Waals surface area (Å²) in [5.41, 5.74) is 4.01. The fourth-order valence-corrected chi connectivity index (χ4v) is 2.25. The maximum Gasteiger partial charge on any atom is 0.274 e. The van der Waals surface area contributed by atoms with Gasteiger partial charge in [-0.25, -0.2) is 9.66 Å². The van der Waals surface area contributed by atoms with Crippen LogP contribution in [0.5, 0.6) is 0 Å². The summed E-state index contributed by atoms with van der Waals surface area (Å²) < 4.78 is 1.38. The SMILES string of the molecule is CCCc1cc2cccnc2n(NC(O)CCC)c1=O. The predicted molar refractivity (Wildman–Crippen MR) is 80.3 cm³/mol. The molecule has 0 aliphatic carbocycles. The number of aromatic nitrogens is 2. The zero-order valence-electron chi connectivity index (χ0n) is 12.0. The Morgan fingerprint density at radius 3 is 2.90 bits per heavy atom. The van der Waals surface area contributed by atoms with E-state index in [1.807, 2.05) is 32.0 Å². The molecule has 0 aliphatic rings. The van der Waals surface area contributed by atoms with Crippen LogP contribution in [0.4, 0.5) is 0 Å². The average Bonchev–Trinajstić information content (AvgIpc) is 2.44. The van der Waals surface area contributed by atoms with Crippen molar-refractivity contribution in [3.05, 3.63) is 40.3 Å². The number of nitrogens with zero attached hydrogens (tertiary/aromatic N) is 2. The summed E-state index contributed by atoms with van der Waals surface area (Å²) in [6, 6.07) is 5.65. The number of aryl methyl sites for hydroxylation is 1. The van der Waals surface area contributed by atoms with E-state index in [1.54, 1.807) is 6.20 Å². The van der Waals surface area contributed by atoms with Crippen LogP contribution >= 0.6 is 0 Å². The largest absolute Gasteiger partial charge is 0.372 e. The molecule has 0 bridgehead atoms. The van der Waals surface area contributed by atoms with Gasteiger partial charge >= 0.3 is 0 Å². The number of fused-ring (bicyclic) bond motifs is 1. The molecule has 5 heteroatoms. The van der Waals surface area contributed by atoms with E-state index in [0.717, 1.165) is 30.2 Å². The fraction of sp³-hybridized carbons (Fsp3) is 0.467. The molecule has 1 unspecified atom stereocenters. The average molecular weight is 275 g/mol. The lowest BCUT2D eigenvalue weighted by molar-refractivity contribution is 0.177. The number of rotatable bonds is 6. The Morgan fingerprint density at radius 2 is 2.20 bits per heavy atom. The molecule has 108 valence electrons. The third-order valence-corrected chi connectivity index (χ3v) is 3.20. The third-order valence-electron chi connectivity index (χ3n) is 3.20. The van der Waals surface area contributed by atoms with Gasteiger partial charge in [-0.2, -0.15) is 0 Å². The standard InChI is InChI=1S/C15H21N3O2/c1-3-6-12-10-11-8-5-9-16-14(11)18(15(12)20)17-13(19)7-4-2/h5,8-10,13,17,19H,3-4,6-7H2,1-2H3. The van der Waals surface area contributed by atoms with Gasteiger partial charge in [-0.3, -0.25) is 10.2 Å². The molecule has 2 aromatic rings. The molecule has 1 atom stereocenters. The number of hydrogen-bond acceptors (Lipinski definition) is 4. The monoisotopic (exact) mass is 275 g/mol.